The number of nitrogens with one attached hydrogen (secondary N) is 1. The average molecular weight is 398 g/mol. The van der Waals surface area contributed by atoms with Crippen LogP contribution < -0.4 is 5.32 Å². The van der Waals surface area contributed by atoms with Crippen molar-refractivity contribution in [3.05, 3.63) is 47.1 Å². The third-order valence-electron chi connectivity index (χ3n) is 3.48. The zero-order valence-corrected chi connectivity index (χ0v) is 14.7. The molecule has 8 heteroatoms. The van der Waals surface area contributed by atoms with E-state index in [1.165, 1.54) is 10.5 Å². The SMILES string of the molecule is O=S(=O)(c1ccc(Nc2ccccc2Br)nc1)N1CCOCC1. The van der Waals surface area contributed by atoms with Gasteiger partial charge in [0.05, 0.1) is 18.9 Å². The molecular formula is C15H16BrN3O3S. The lowest BCUT2D eigenvalue weighted by molar-refractivity contribution is 0.0730. The first-order valence-corrected chi connectivity index (χ1v) is 9.36. The van der Waals surface area contributed by atoms with Gasteiger partial charge in [-0.3, -0.25) is 0 Å². The van der Waals surface area contributed by atoms with Gasteiger partial charge in [0, 0.05) is 23.8 Å². The predicted molar refractivity (Wildman–Crippen MR) is 91.2 cm³/mol. The van der Waals surface area contributed by atoms with E-state index in [0.29, 0.717) is 32.1 Å². The number of aromatic nitrogens is 1. The van der Waals surface area contributed by atoms with Crippen molar-refractivity contribution in [2.75, 3.05) is 31.6 Å². The van der Waals surface area contributed by atoms with Crippen LogP contribution in [0.15, 0.2) is 52.0 Å². The molecule has 1 saturated heterocycles. The minimum absolute atomic E-state index is 0.192. The Morgan fingerprint density at radius 1 is 1.13 bits per heavy atom. The Kier molecular flexibility index (Phi) is 4.96. The highest BCUT2D eigenvalue weighted by Gasteiger charge is 2.26. The van der Waals surface area contributed by atoms with Crippen LogP contribution in [-0.2, 0) is 14.8 Å². The number of morpholine rings is 1. The minimum Gasteiger partial charge on any atom is -0.379 e. The summed E-state index contributed by atoms with van der Waals surface area (Å²) >= 11 is 3.45. The molecule has 2 aromatic rings. The molecule has 1 aromatic heterocycles. The van der Waals surface area contributed by atoms with Crippen molar-refractivity contribution in [3.63, 3.8) is 0 Å². The first-order valence-electron chi connectivity index (χ1n) is 7.13. The van der Waals surface area contributed by atoms with Crippen LogP contribution in [0.5, 0.6) is 0 Å². The van der Waals surface area contributed by atoms with E-state index < -0.39 is 10.0 Å². The van der Waals surface area contributed by atoms with Gasteiger partial charge < -0.3 is 10.1 Å². The molecule has 23 heavy (non-hydrogen) atoms. The van der Waals surface area contributed by atoms with Gasteiger partial charge in [0.15, 0.2) is 0 Å². The van der Waals surface area contributed by atoms with E-state index in [2.05, 4.69) is 26.2 Å². The Hall–Kier alpha value is -1.48. The highest BCUT2D eigenvalue weighted by molar-refractivity contribution is 9.10. The number of para-hydroxylation sites is 1. The molecule has 3 rings (SSSR count). The van der Waals surface area contributed by atoms with E-state index in [-0.39, 0.29) is 4.90 Å². The molecule has 1 fully saturated rings. The third kappa shape index (κ3) is 3.72. The quantitative estimate of drug-likeness (QED) is 0.858. The van der Waals surface area contributed by atoms with Crippen LogP contribution in [-0.4, -0.2) is 44.0 Å². The summed E-state index contributed by atoms with van der Waals surface area (Å²) in [6.07, 6.45) is 1.38. The van der Waals surface area contributed by atoms with E-state index in [0.717, 1.165) is 10.2 Å². The van der Waals surface area contributed by atoms with Crippen LogP contribution >= 0.6 is 15.9 Å². The van der Waals surface area contributed by atoms with Gasteiger partial charge in [0.25, 0.3) is 0 Å². The molecule has 0 bridgehead atoms. The van der Waals surface area contributed by atoms with Crippen LogP contribution in [0.1, 0.15) is 0 Å². The molecule has 1 aliphatic heterocycles. The number of hydrogen-bond acceptors (Lipinski definition) is 5. The third-order valence-corrected chi connectivity index (χ3v) is 6.05. The van der Waals surface area contributed by atoms with E-state index in [1.807, 2.05) is 24.3 Å². The fourth-order valence-electron chi connectivity index (χ4n) is 2.24. The molecule has 0 atom stereocenters. The topological polar surface area (TPSA) is 71.5 Å². The van der Waals surface area contributed by atoms with Crippen molar-refractivity contribution in [2.45, 2.75) is 4.90 Å². The molecule has 122 valence electrons. The number of nitrogens with zero attached hydrogens (tertiary/aromatic N) is 2. The van der Waals surface area contributed by atoms with Crippen molar-refractivity contribution < 1.29 is 13.2 Å². The Balaban J connectivity index is 1.78. The molecule has 1 aliphatic rings. The summed E-state index contributed by atoms with van der Waals surface area (Å²) in [4.78, 5) is 4.40. The van der Waals surface area contributed by atoms with Gasteiger partial charge in [0.1, 0.15) is 10.7 Å². The highest BCUT2D eigenvalue weighted by Crippen LogP contribution is 2.25. The summed E-state index contributed by atoms with van der Waals surface area (Å²) in [7, 11) is -3.51. The van der Waals surface area contributed by atoms with Crippen LogP contribution in [0.25, 0.3) is 0 Å². The zero-order valence-electron chi connectivity index (χ0n) is 12.3. The van der Waals surface area contributed by atoms with E-state index in [4.69, 9.17) is 4.74 Å². The smallest absolute Gasteiger partial charge is 0.244 e. The number of halogens is 1. The summed E-state index contributed by atoms with van der Waals surface area (Å²) < 4.78 is 32.6. The van der Waals surface area contributed by atoms with Gasteiger partial charge in [-0.1, -0.05) is 12.1 Å². The fourth-order valence-corrected chi connectivity index (χ4v) is 3.98. The van der Waals surface area contributed by atoms with Gasteiger partial charge in [0.2, 0.25) is 10.0 Å². The number of pyridine rings is 1. The Labute approximate surface area is 143 Å². The lowest BCUT2D eigenvalue weighted by Gasteiger charge is -2.25. The standard InChI is InChI=1S/C15H16BrN3O3S/c16-13-3-1-2-4-14(13)18-15-6-5-12(11-17-15)23(20,21)19-7-9-22-10-8-19/h1-6,11H,7-10H2,(H,17,18). The Morgan fingerprint density at radius 3 is 2.52 bits per heavy atom. The second-order valence-electron chi connectivity index (χ2n) is 5.00. The first-order chi connectivity index (χ1) is 11.1. The monoisotopic (exact) mass is 397 g/mol. The van der Waals surface area contributed by atoms with Crippen LogP contribution in [0, 0.1) is 0 Å². The van der Waals surface area contributed by atoms with E-state index >= 15 is 0 Å². The number of anilines is 2. The zero-order chi connectivity index (χ0) is 16.3. The highest BCUT2D eigenvalue weighted by atomic mass is 79.9. The van der Waals surface area contributed by atoms with Gasteiger partial charge >= 0.3 is 0 Å². The minimum atomic E-state index is -3.51. The lowest BCUT2D eigenvalue weighted by Crippen LogP contribution is -2.40. The average Bonchev–Trinajstić information content (AvgIpc) is 2.58. The maximum Gasteiger partial charge on any atom is 0.244 e. The van der Waals surface area contributed by atoms with Crippen LogP contribution in [0.4, 0.5) is 11.5 Å². The number of ether oxygens (including phenoxy) is 1. The second kappa shape index (κ2) is 6.96. The number of hydrogen-bond donors (Lipinski definition) is 1. The Morgan fingerprint density at radius 2 is 1.87 bits per heavy atom. The van der Waals surface area contributed by atoms with Crippen molar-refractivity contribution in [1.82, 2.24) is 9.29 Å². The number of rotatable bonds is 4. The molecule has 0 unspecified atom stereocenters. The predicted octanol–water partition coefficient (Wildman–Crippen LogP) is 2.61. The van der Waals surface area contributed by atoms with Crippen molar-refractivity contribution in [2.24, 2.45) is 0 Å². The summed E-state index contributed by atoms with van der Waals surface area (Å²) in [5, 5.41) is 3.14. The van der Waals surface area contributed by atoms with Crippen molar-refractivity contribution in [3.8, 4) is 0 Å². The summed E-state index contributed by atoms with van der Waals surface area (Å²) in [5.41, 5.74) is 0.865. The number of sulfonamides is 1. The normalized spacial score (nSPS) is 16.2. The molecule has 0 radical (unpaired) electrons. The molecule has 0 amide bonds. The molecule has 2 heterocycles. The van der Waals surface area contributed by atoms with Gasteiger partial charge in [-0.15, -0.1) is 0 Å². The first kappa shape index (κ1) is 16.4. The van der Waals surface area contributed by atoms with Crippen molar-refractivity contribution >= 4 is 37.5 Å². The molecule has 0 saturated carbocycles. The lowest BCUT2D eigenvalue weighted by atomic mass is 10.3. The van der Waals surface area contributed by atoms with E-state index in [1.54, 1.807) is 12.1 Å². The van der Waals surface area contributed by atoms with Crippen LogP contribution in [0.2, 0.25) is 0 Å². The molecule has 0 aliphatic carbocycles. The molecule has 1 aromatic carbocycles. The van der Waals surface area contributed by atoms with Gasteiger partial charge in [-0.2, -0.15) is 4.31 Å². The molecule has 6 nitrogen and oxygen atoms in total. The van der Waals surface area contributed by atoms with Gasteiger partial charge in [-0.05, 0) is 40.2 Å². The largest absolute Gasteiger partial charge is 0.379 e. The summed E-state index contributed by atoms with van der Waals surface area (Å²) in [6, 6.07) is 10.9. The van der Waals surface area contributed by atoms with E-state index in [9.17, 15) is 8.42 Å². The molecule has 1 N–H and O–H groups in total. The number of benzene rings is 1. The van der Waals surface area contributed by atoms with Gasteiger partial charge in [-0.25, -0.2) is 13.4 Å². The summed E-state index contributed by atoms with van der Waals surface area (Å²) in [5.74, 6) is 0.581. The van der Waals surface area contributed by atoms with Crippen molar-refractivity contribution in [1.29, 1.82) is 0 Å². The van der Waals surface area contributed by atoms with Crippen LogP contribution in [0.3, 0.4) is 0 Å². The molecular weight excluding hydrogens is 382 g/mol. The summed E-state index contributed by atoms with van der Waals surface area (Å²) in [6.45, 7) is 1.60. The maximum atomic E-state index is 12.5. The maximum absolute atomic E-state index is 12.5. The molecule has 0 spiro atoms. The Bertz CT molecular complexity index is 775. The fraction of sp³-hybridized carbons (Fsp3) is 0.267. The second-order valence-corrected chi connectivity index (χ2v) is 7.79.